The summed E-state index contributed by atoms with van der Waals surface area (Å²) < 4.78 is 18.9. The molecule has 0 atom stereocenters. The summed E-state index contributed by atoms with van der Waals surface area (Å²) in [5, 5.41) is 0. The molecule has 1 aliphatic rings. The van der Waals surface area contributed by atoms with Crippen LogP contribution < -0.4 is 4.74 Å². The lowest BCUT2D eigenvalue weighted by atomic mass is 10.1. The summed E-state index contributed by atoms with van der Waals surface area (Å²) in [5.74, 6) is 0.482. The molecule has 0 aliphatic carbocycles. The Bertz CT molecular complexity index is 346. The first kappa shape index (κ1) is 7.80. The maximum Gasteiger partial charge on any atom is 0.128 e. The van der Waals surface area contributed by atoms with E-state index in [1.807, 2.05) is 6.08 Å². The van der Waals surface area contributed by atoms with Crippen LogP contribution in [0.25, 0.3) is 4.48 Å². The van der Waals surface area contributed by atoms with Crippen molar-refractivity contribution in [1.82, 2.24) is 0 Å². The van der Waals surface area contributed by atoms with Crippen LogP contribution in [0.4, 0.5) is 4.39 Å². The zero-order chi connectivity index (χ0) is 8.55. The SMILES string of the molecule is Fc1ccc2c(c1)C(Br)=CCO2. The van der Waals surface area contributed by atoms with Crippen molar-refractivity contribution in [2.45, 2.75) is 0 Å². The molecule has 0 bridgehead atoms. The number of rotatable bonds is 0. The summed E-state index contributed by atoms with van der Waals surface area (Å²) in [6.07, 6.45) is 1.86. The van der Waals surface area contributed by atoms with E-state index in [0.29, 0.717) is 6.61 Å². The third-order valence-corrected chi connectivity index (χ3v) is 2.45. The maximum atomic E-state index is 12.8. The van der Waals surface area contributed by atoms with Gasteiger partial charge in [0.25, 0.3) is 0 Å². The van der Waals surface area contributed by atoms with Gasteiger partial charge in [0.15, 0.2) is 0 Å². The largest absolute Gasteiger partial charge is 0.489 e. The second-order valence-corrected chi connectivity index (χ2v) is 3.36. The summed E-state index contributed by atoms with van der Waals surface area (Å²) in [5.41, 5.74) is 0.779. The van der Waals surface area contributed by atoms with Gasteiger partial charge in [-0.2, -0.15) is 0 Å². The predicted octanol–water partition coefficient (Wildman–Crippen LogP) is 2.95. The van der Waals surface area contributed by atoms with Gasteiger partial charge >= 0.3 is 0 Å². The van der Waals surface area contributed by atoms with Crippen molar-refractivity contribution in [3.63, 3.8) is 0 Å². The van der Waals surface area contributed by atoms with Crippen molar-refractivity contribution in [2.75, 3.05) is 6.61 Å². The van der Waals surface area contributed by atoms with Gasteiger partial charge in [0.05, 0.1) is 0 Å². The van der Waals surface area contributed by atoms with Gasteiger partial charge in [0.1, 0.15) is 18.2 Å². The van der Waals surface area contributed by atoms with E-state index >= 15 is 0 Å². The maximum absolute atomic E-state index is 12.8. The third-order valence-electron chi connectivity index (χ3n) is 1.70. The molecule has 1 nitrogen and oxygen atoms in total. The van der Waals surface area contributed by atoms with Gasteiger partial charge < -0.3 is 4.74 Å². The van der Waals surface area contributed by atoms with E-state index in [2.05, 4.69) is 15.9 Å². The lowest BCUT2D eigenvalue weighted by Gasteiger charge is -2.14. The Morgan fingerprint density at radius 3 is 3.08 bits per heavy atom. The standard InChI is InChI=1S/C9H6BrFO/c10-8-3-4-12-9-2-1-6(11)5-7(8)9/h1-3,5H,4H2. The smallest absolute Gasteiger partial charge is 0.128 e. The van der Waals surface area contributed by atoms with Crippen LogP contribution in [0.5, 0.6) is 5.75 Å². The van der Waals surface area contributed by atoms with E-state index in [1.165, 1.54) is 12.1 Å². The first-order valence-electron chi connectivity index (χ1n) is 3.56. The van der Waals surface area contributed by atoms with Crippen molar-refractivity contribution in [3.05, 3.63) is 35.7 Å². The van der Waals surface area contributed by atoms with E-state index < -0.39 is 0 Å². The van der Waals surface area contributed by atoms with Crippen LogP contribution in [0.3, 0.4) is 0 Å². The molecule has 0 saturated heterocycles. The molecule has 0 fully saturated rings. The zero-order valence-corrected chi connectivity index (χ0v) is 7.77. The van der Waals surface area contributed by atoms with E-state index in [-0.39, 0.29) is 5.82 Å². The first-order valence-corrected chi connectivity index (χ1v) is 4.35. The van der Waals surface area contributed by atoms with Crippen LogP contribution in [0.1, 0.15) is 5.56 Å². The number of hydrogen-bond acceptors (Lipinski definition) is 1. The minimum absolute atomic E-state index is 0.246. The van der Waals surface area contributed by atoms with Gasteiger partial charge in [-0.25, -0.2) is 4.39 Å². The Morgan fingerprint density at radius 2 is 2.25 bits per heavy atom. The van der Waals surface area contributed by atoms with Gasteiger partial charge in [-0.05, 0) is 24.3 Å². The van der Waals surface area contributed by atoms with Crippen LogP contribution in [-0.4, -0.2) is 6.61 Å². The van der Waals surface area contributed by atoms with Gasteiger partial charge in [-0.1, -0.05) is 15.9 Å². The quantitative estimate of drug-likeness (QED) is 0.664. The number of fused-ring (bicyclic) bond motifs is 1. The average molecular weight is 229 g/mol. The summed E-state index contributed by atoms with van der Waals surface area (Å²) in [6.45, 7) is 0.541. The molecule has 1 heterocycles. The average Bonchev–Trinajstić information content (AvgIpc) is 2.07. The van der Waals surface area contributed by atoms with Crippen molar-refractivity contribution in [3.8, 4) is 5.75 Å². The number of hydrogen-bond donors (Lipinski definition) is 0. The van der Waals surface area contributed by atoms with Gasteiger partial charge in [0.2, 0.25) is 0 Å². The molecule has 3 heteroatoms. The highest BCUT2D eigenvalue weighted by Crippen LogP contribution is 2.33. The summed E-state index contributed by atoms with van der Waals surface area (Å²) in [4.78, 5) is 0. The Morgan fingerprint density at radius 1 is 1.42 bits per heavy atom. The number of ether oxygens (including phenoxy) is 1. The van der Waals surface area contributed by atoms with E-state index in [0.717, 1.165) is 15.8 Å². The molecule has 0 saturated carbocycles. The minimum atomic E-state index is -0.246. The fraction of sp³-hybridized carbons (Fsp3) is 0.111. The highest BCUT2D eigenvalue weighted by molar-refractivity contribution is 9.15. The molecule has 1 aromatic carbocycles. The monoisotopic (exact) mass is 228 g/mol. The van der Waals surface area contributed by atoms with Crippen LogP contribution in [0.15, 0.2) is 24.3 Å². The molecule has 0 spiro atoms. The molecule has 0 amide bonds. The van der Waals surface area contributed by atoms with Crippen molar-refractivity contribution in [2.24, 2.45) is 0 Å². The zero-order valence-electron chi connectivity index (χ0n) is 6.18. The van der Waals surface area contributed by atoms with Crippen LogP contribution >= 0.6 is 15.9 Å². The third kappa shape index (κ3) is 1.25. The lowest BCUT2D eigenvalue weighted by molar-refractivity contribution is 0.357. The number of benzene rings is 1. The van der Waals surface area contributed by atoms with Gasteiger partial charge in [0, 0.05) is 10.0 Å². The molecule has 62 valence electrons. The lowest BCUT2D eigenvalue weighted by Crippen LogP contribution is -2.02. The summed E-state index contributed by atoms with van der Waals surface area (Å²) in [6, 6.07) is 4.48. The van der Waals surface area contributed by atoms with Gasteiger partial charge in [-0.3, -0.25) is 0 Å². The van der Waals surface area contributed by atoms with Crippen molar-refractivity contribution in [1.29, 1.82) is 0 Å². The number of halogens is 2. The predicted molar refractivity (Wildman–Crippen MR) is 48.8 cm³/mol. The van der Waals surface area contributed by atoms with E-state index in [4.69, 9.17) is 4.74 Å². The van der Waals surface area contributed by atoms with Crippen LogP contribution in [-0.2, 0) is 0 Å². The molecule has 12 heavy (non-hydrogen) atoms. The molecule has 1 aliphatic heterocycles. The normalized spacial score (nSPS) is 14.7. The molecule has 2 rings (SSSR count). The Kier molecular flexibility index (Phi) is 1.89. The second-order valence-electron chi connectivity index (χ2n) is 2.50. The van der Waals surface area contributed by atoms with E-state index in [1.54, 1.807) is 6.07 Å². The van der Waals surface area contributed by atoms with E-state index in [9.17, 15) is 4.39 Å². The highest BCUT2D eigenvalue weighted by Gasteiger charge is 2.11. The fourth-order valence-corrected chi connectivity index (χ4v) is 1.57. The molecule has 0 aromatic heterocycles. The molecule has 0 unspecified atom stereocenters. The topological polar surface area (TPSA) is 9.23 Å². The molecular formula is C9H6BrFO. The van der Waals surface area contributed by atoms with Gasteiger partial charge in [-0.15, -0.1) is 0 Å². The Hall–Kier alpha value is -0.830. The van der Waals surface area contributed by atoms with Crippen LogP contribution in [0.2, 0.25) is 0 Å². The summed E-state index contributed by atoms with van der Waals surface area (Å²) in [7, 11) is 0. The van der Waals surface area contributed by atoms with Crippen molar-refractivity contribution < 1.29 is 9.13 Å². The highest BCUT2D eigenvalue weighted by atomic mass is 79.9. The molecular weight excluding hydrogens is 223 g/mol. The second kappa shape index (κ2) is 2.90. The molecule has 0 N–H and O–H groups in total. The fourth-order valence-electron chi connectivity index (χ4n) is 1.13. The van der Waals surface area contributed by atoms with Crippen molar-refractivity contribution >= 4 is 20.4 Å². The Balaban J connectivity index is 2.58. The summed E-state index contributed by atoms with van der Waals surface area (Å²) >= 11 is 3.34. The Labute approximate surface area is 78.0 Å². The van der Waals surface area contributed by atoms with Crippen LogP contribution in [0, 0.1) is 5.82 Å². The molecule has 1 aromatic rings. The molecule has 0 radical (unpaired) electrons. The minimum Gasteiger partial charge on any atom is -0.489 e. The first-order chi connectivity index (χ1) is 5.77.